The molecule has 1 heterocycles. The molecule has 55 valence electrons. The molecular weight excluding hydrogens is 203 g/mol. The van der Waals surface area contributed by atoms with Crippen LogP contribution in [-0.4, -0.2) is 12.3 Å². The quantitative estimate of drug-likeness (QED) is 0.650. The zero-order valence-electron chi connectivity index (χ0n) is 6.02. The maximum atomic E-state index is 10.9. The van der Waals surface area contributed by atoms with Gasteiger partial charge in [0.25, 0.3) is 0 Å². The SMILES string of the molecule is [CH2-]C[C-]1NCCCC1=O.[Y]. The van der Waals surface area contributed by atoms with Gasteiger partial charge in [-0.15, -0.1) is 0 Å². The van der Waals surface area contributed by atoms with Gasteiger partial charge in [-0.25, -0.2) is 0 Å². The molecule has 0 spiro atoms. The topological polar surface area (TPSA) is 29.1 Å². The van der Waals surface area contributed by atoms with Crippen molar-refractivity contribution < 1.29 is 37.5 Å². The van der Waals surface area contributed by atoms with Crippen molar-refractivity contribution in [2.24, 2.45) is 0 Å². The van der Waals surface area contributed by atoms with Gasteiger partial charge in [-0.1, -0.05) is 0 Å². The smallest absolute Gasteiger partial charge is 0.0121 e. The molecule has 1 aliphatic heterocycles. The molecule has 0 unspecified atom stereocenters. The largest absolute Gasteiger partial charge is 0.447 e. The van der Waals surface area contributed by atoms with Gasteiger partial charge in [0.15, 0.2) is 0 Å². The average molecular weight is 214 g/mol. The molecule has 0 aromatic carbocycles. The summed E-state index contributed by atoms with van der Waals surface area (Å²) < 4.78 is 0. The molecule has 1 aliphatic rings. The minimum absolute atomic E-state index is 0. The summed E-state index contributed by atoms with van der Waals surface area (Å²) in [6, 6.07) is 0.807. The number of carbonyl (C=O) groups is 1. The first-order chi connectivity index (χ1) is 4.34. The van der Waals surface area contributed by atoms with Crippen molar-refractivity contribution >= 4 is 5.78 Å². The summed E-state index contributed by atoms with van der Waals surface area (Å²) in [5.41, 5.74) is 0. The van der Waals surface area contributed by atoms with Gasteiger partial charge >= 0.3 is 0 Å². The molecule has 0 aromatic heterocycles. The zero-order valence-corrected chi connectivity index (χ0v) is 8.86. The number of piperidine rings is 1. The fraction of sp³-hybridized carbons (Fsp3) is 0.571. The number of Topliss-reactive ketones (excluding diaryl/α,β-unsaturated/α-hetero) is 1. The third-order valence-corrected chi connectivity index (χ3v) is 1.51. The Hall–Kier alpha value is 0.604. The van der Waals surface area contributed by atoms with Crippen LogP contribution in [0.1, 0.15) is 19.3 Å². The minimum atomic E-state index is 0. The van der Waals surface area contributed by atoms with E-state index in [1.807, 2.05) is 0 Å². The van der Waals surface area contributed by atoms with Gasteiger partial charge in [-0.2, -0.15) is 0 Å². The third kappa shape index (κ3) is 2.69. The molecule has 0 bridgehead atoms. The van der Waals surface area contributed by atoms with Crippen LogP contribution in [0.4, 0.5) is 0 Å². The maximum absolute atomic E-state index is 10.9. The summed E-state index contributed by atoms with van der Waals surface area (Å²) in [5.74, 6) is 0.247. The maximum Gasteiger partial charge on any atom is 0.0121 e. The van der Waals surface area contributed by atoms with Crippen molar-refractivity contribution in [1.29, 1.82) is 0 Å². The Morgan fingerprint density at radius 2 is 2.40 bits per heavy atom. The molecule has 10 heavy (non-hydrogen) atoms. The van der Waals surface area contributed by atoms with Gasteiger partial charge in [0, 0.05) is 38.5 Å². The van der Waals surface area contributed by atoms with E-state index in [0.29, 0.717) is 12.8 Å². The molecule has 0 aromatic rings. The van der Waals surface area contributed by atoms with Crippen LogP contribution in [-0.2, 0) is 37.5 Å². The van der Waals surface area contributed by atoms with E-state index in [2.05, 4.69) is 12.2 Å². The van der Waals surface area contributed by atoms with E-state index < -0.39 is 0 Å². The van der Waals surface area contributed by atoms with Crippen molar-refractivity contribution in [3.8, 4) is 0 Å². The van der Waals surface area contributed by atoms with E-state index in [1.54, 1.807) is 0 Å². The molecule has 1 N–H and O–H groups in total. The van der Waals surface area contributed by atoms with E-state index in [-0.39, 0.29) is 38.5 Å². The number of nitrogens with one attached hydrogen (secondary N) is 1. The summed E-state index contributed by atoms with van der Waals surface area (Å²) in [5, 5.41) is 3.02. The number of hydrogen-bond acceptors (Lipinski definition) is 2. The first kappa shape index (κ1) is 10.6. The Kier molecular flexibility index (Phi) is 5.60. The number of carbonyl (C=O) groups excluding carboxylic acids is 1. The predicted octanol–water partition coefficient (Wildman–Crippen LogP) is 0.693. The fourth-order valence-corrected chi connectivity index (χ4v) is 0.966. The van der Waals surface area contributed by atoms with Crippen LogP contribution in [0.25, 0.3) is 0 Å². The van der Waals surface area contributed by atoms with Crippen molar-refractivity contribution in [2.75, 3.05) is 6.54 Å². The van der Waals surface area contributed by atoms with Crippen LogP contribution in [0.5, 0.6) is 0 Å². The molecule has 1 fully saturated rings. The summed E-state index contributed by atoms with van der Waals surface area (Å²) in [6.07, 6.45) is 2.29. The first-order valence-electron chi connectivity index (χ1n) is 3.26. The van der Waals surface area contributed by atoms with Crippen molar-refractivity contribution in [2.45, 2.75) is 19.3 Å². The molecule has 0 aliphatic carbocycles. The van der Waals surface area contributed by atoms with Crippen LogP contribution in [0.2, 0.25) is 0 Å². The van der Waals surface area contributed by atoms with E-state index in [9.17, 15) is 4.79 Å². The van der Waals surface area contributed by atoms with Crippen LogP contribution in [0.15, 0.2) is 0 Å². The van der Waals surface area contributed by atoms with E-state index >= 15 is 0 Å². The Labute approximate surface area is 87.0 Å². The molecule has 0 saturated carbocycles. The predicted molar refractivity (Wildman–Crippen MR) is 35.5 cm³/mol. The van der Waals surface area contributed by atoms with E-state index in [0.717, 1.165) is 19.0 Å². The van der Waals surface area contributed by atoms with Crippen molar-refractivity contribution in [3.05, 3.63) is 13.0 Å². The fourth-order valence-electron chi connectivity index (χ4n) is 0.966. The van der Waals surface area contributed by atoms with Crippen molar-refractivity contribution in [1.82, 2.24) is 5.32 Å². The van der Waals surface area contributed by atoms with Gasteiger partial charge in [-0.3, -0.25) is 12.5 Å². The number of rotatable bonds is 1. The molecule has 0 amide bonds. The summed E-state index contributed by atoms with van der Waals surface area (Å²) in [4.78, 5) is 10.9. The number of ketones is 1. The summed E-state index contributed by atoms with van der Waals surface area (Å²) in [6.45, 7) is 4.58. The Morgan fingerprint density at radius 3 is 2.80 bits per heavy atom. The van der Waals surface area contributed by atoms with E-state index in [1.165, 1.54) is 0 Å². The van der Waals surface area contributed by atoms with Crippen molar-refractivity contribution in [3.63, 3.8) is 0 Å². The second kappa shape index (κ2) is 5.28. The van der Waals surface area contributed by atoms with Gasteiger partial charge in [0.1, 0.15) is 0 Å². The van der Waals surface area contributed by atoms with Gasteiger partial charge in [0.05, 0.1) is 0 Å². The Morgan fingerprint density at radius 1 is 1.70 bits per heavy atom. The molecular formula is C7H11NOY-2. The van der Waals surface area contributed by atoms with Crippen LogP contribution < -0.4 is 5.32 Å². The second-order valence-corrected chi connectivity index (χ2v) is 2.18. The van der Waals surface area contributed by atoms with Gasteiger partial charge < -0.3 is 17.0 Å². The monoisotopic (exact) mass is 214 g/mol. The zero-order chi connectivity index (χ0) is 6.69. The van der Waals surface area contributed by atoms with Crippen LogP contribution in [0, 0.1) is 13.0 Å². The second-order valence-electron chi connectivity index (χ2n) is 2.18. The molecule has 3 heteroatoms. The first-order valence-corrected chi connectivity index (χ1v) is 3.26. The third-order valence-electron chi connectivity index (χ3n) is 1.51. The molecule has 1 saturated heterocycles. The van der Waals surface area contributed by atoms with Crippen LogP contribution in [0.3, 0.4) is 0 Å². The average Bonchev–Trinajstić information content (AvgIpc) is 1.89. The number of hydrogen-bond donors (Lipinski definition) is 1. The summed E-state index contributed by atoms with van der Waals surface area (Å²) in [7, 11) is 0. The van der Waals surface area contributed by atoms with Gasteiger partial charge in [-0.05, 0) is 19.4 Å². The molecule has 1 rings (SSSR count). The Balaban J connectivity index is 0.000000810. The van der Waals surface area contributed by atoms with Crippen LogP contribution >= 0.6 is 0 Å². The summed E-state index contributed by atoms with van der Waals surface area (Å²) >= 11 is 0. The molecule has 2 nitrogen and oxygen atoms in total. The Bertz CT molecular complexity index is 116. The standard InChI is InChI=1S/C7H11NO.Y/c1-2-6-7(9)4-3-5-8-6;/h8H,1-5H2;/q-2;. The molecule has 0 atom stereocenters. The normalized spacial score (nSPS) is 18.5. The minimum Gasteiger partial charge on any atom is -0.447 e. The molecule has 1 radical (unpaired) electrons. The van der Waals surface area contributed by atoms with E-state index in [4.69, 9.17) is 0 Å². The van der Waals surface area contributed by atoms with Gasteiger partial charge in [0.2, 0.25) is 0 Å².